The van der Waals surface area contributed by atoms with Gasteiger partial charge in [0.1, 0.15) is 0 Å². The fourth-order valence-electron chi connectivity index (χ4n) is 3.16. The summed E-state index contributed by atoms with van der Waals surface area (Å²) in [6.07, 6.45) is -0.967. The van der Waals surface area contributed by atoms with Crippen LogP contribution >= 0.6 is 0 Å². The number of benzene rings is 1. The number of carbonyl (C=O) groups excluding carboxylic acids is 1. The largest absolute Gasteiger partial charge is 0.416 e. The van der Waals surface area contributed by atoms with Crippen molar-refractivity contribution < 1.29 is 18.0 Å². The van der Waals surface area contributed by atoms with E-state index in [1.165, 1.54) is 12.1 Å². The average Bonchev–Trinajstić information content (AvgIpc) is 2.89. The number of alkyl halides is 3. The minimum atomic E-state index is -4.33. The Hall–Kier alpha value is -1.98. The molecule has 1 N–H and O–H groups in total. The first-order valence-electron chi connectivity index (χ1n) is 7.30. The number of nitrogens with zero attached hydrogens (tertiary/aromatic N) is 1. The lowest BCUT2D eigenvalue weighted by Gasteiger charge is -2.31. The number of H-pyrrole nitrogens is 1. The van der Waals surface area contributed by atoms with Gasteiger partial charge in [-0.1, -0.05) is 0 Å². The fourth-order valence-corrected chi connectivity index (χ4v) is 3.16. The van der Waals surface area contributed by atoms with E-state index in [0.717, 1.165) is 30.0 Å². The van der Waals surface area contributed by atoms with Crippen LogP contribution in [0.5, 0.6) is 0 Å². The second kappa shape index (κ2) is 5.34. The van der Waals surface area contributed by atoms with Crippen molar-refractivity contribution >= 4 is 16.8 Å². The van der Waals surface area contributed by atoms with Crippen LogP contribution in [0.1, 0.15) is 36.8 Å². The van der Waals surface area contributed by atoms with E-state index in [1.54, 1.807) is 18.0 Å². The molecule has 1 aliphatic heterocycles. The Balaban J connectivity index is 1.90. The van der Waals surface area contributed by atoms with Crippen molar-refractivity contribution in [2.75, 3.05) is 13.1 Å². The Labute approximate surface area is 126 Å². The fraction of sp³-hybridized carbons (Fsp3) is 0.438. The lowest BCUT2D eigenvalue weighted by molar-refractivity contribution is -0.137. The zero-order chi connectivity index (χ0) is 15.9. The minimum Gasteiger partial charge on any atom is -0.361 e. The standard InChI is InChI=1S/C16H17F3N2O/c1-10(22)21-6-4-11(5-7-21)14-9-20-15-3-2-12(8-13(14)15)16(17,18)19/h2-3,8-9,11,20H,4-7H2,1H3. The molecule has 3 rings (SSSR count). The van der Waals surface area contributed by atoms with E-state index in [1.807, 2.05) is 0 Å². The Morgan fingerprint density at radius 1 is 1.27 bits per heavy atom. The number of amides is 1. The number of aromatic amines is 1. The van der Waals surface area contributed by atoms with Crippen molar-refractivity contribution in [3.8, 4) is 0 Å². The third-order valence-electron chi connectivity index (χ3n) is 4.42. The molecule has 2 aromatic rings. The highest BCUT2D eigenvalue weighted by Crippen LogP contribution is 2.36. The maximum absolute atomic E-state index is 12.9. The summed E-state index contributed by atoms with van der Waals surface area (Å²) in [6, 6.07) is 3.80. The highest BCUT2D eigenvalue weighted by molar-refractivity contribution is 5.84. The number of carbonyl (C=O) groups is 1. The van der Waals surface area contributed by atoms with Gasteiger partial charge in [0, 0.05) is 37.1 Å². The molecule has 1 aromatic heterocycles. The van der Waals surface area contributed by atoms with Crippen LogP contribution in [0.3, 0.4) is 0 Å². The van der Waals surface area contributed by atoms with Crippen molar-refractivity contribution in [1.82, 2.24) is 9.88 Å². The van der Waals surface area contributed by atoms with E-state index in [2.05, 4.69) is 4.98 Å². The number of hydrogen-bond donors (Lipinski definition) is 1. The van der Waals surface area contributed by atoms with Crippen LogP contribution in [0.4, 0.5) is 13.2 Å². The van der Waals surface area contributed by atoms with Crippen molar-refractivity contribution in [2.24, 2.45) is 0 Å². The highest BCUT2D eigenvalue weighted by Gasteiger charge is 2.31. The molecule has 0 aliphatic carbocycles. The van der Waals surface area contributed by atoms with Gasteiger partial charge in [-0.2, -0.15) is 13.2 Å². The molecule has 22 heavy (non-hydrogen) atoms. The van der Waals surface area contributed by atoms with Crippen LogP contribution in [0, 0.1) is 0 Å². The monoisotopic (exact) mass is 310 g/mol. The van der Waals surface area contributed by atoms with Crippen LogP contribution < -0.4 is 0 Å². The number of halogens is 3. The van der Waals surface area contributed by atoms with Crippen LogP contribution in [0.25, 0.3) is 10.9 Å². The van der Waals surface area contributed by atoms with Crippen LogP contribution in [-0.4, -0.2) is 28.9 Å². The third kappa shape index (κ3) is 2.69. The maximum Gasteiger partial charge on any atom is 0.416 e. The Morgan fingerprint density at radius 3 is 2.55 bits per heavy atom. The summed E-state index contributed by atoms with van der Waals surface area (Å²) in [5.41, 5.74) is 1.02. The molecule has 0 saturated carbocycles. The molecule has 0 radical (unpaired) electrons. The Morgan fingerprint density at radius 2 is 1.95 bits per heavy atom. The lowest BCUT2D eigenvalue weighted by Crippen LogP contribution is -2.36. The lowest BCUT2D eigenvalue weighted by atomic mass is 9.89. The summed E-state index contributed by atoms with van der Waals surface area (Å²) in [5.74, 6) is 0.240. The van der Waals surface area contributed by atoms with Gasteiger partial charge in [0.05, 0.1) is 5.56 Å². The topological polar surface area (TPSA) is 36.1 Å². The van der Waals surface area contributed by atoms with E-state index < -0.39 is 11.7 Å². The molecule has 118 valence electrons. The van der Waals surface area contributed by atoms with E-state index in [-0.39, 0.29) is 11.8 Å². The van der Waals surface area contributed by atoms with E-state index in [0.29, 0.717) is 18.5 Å². The zero-order valence-corrected chi connectivity index (χ0v) is 12.2. The molecule has 1 aliphatic rings. The average molecular weight is 310 g/mol. The molecule has 0 atom stereocenters. The molecular formula is C16H17F3N2O. The van der Waals surface area contributed by atoms with Gasteiger partial charge < -0.3 is 9.88 Å². The number of piperidine rings is 1. The molecule has 1 saturated heterocycles. The molecule has 1 fully saturated rings. The van der Waals surface area contributed by atoms with Crippen LogP contribution in [0.2, 0.25) is 0 Å². The minimum absolute atomic E-state index is 0.0525. The SMILES string of the molecule is CC(=O)N1CCC(c2c[nH]c3ccc(C(F)(F)F)cc23)CC1. The van der Waals surface area contributed by atoms with Crippen molar-refractivity contribution in [3.05, 3.63) is 35.5 Å². The summed E-state index contributed by atoms with van der Waals surface area (Å²) in [7, 11) is 0. The van der Waals surface area contributed by atoms with Gasteiger partial charge >= 0.3 is 6.18 Å². The van der Waals surface area contributed by atoms with Gasteiger partial charge in [0.25, 0.3) is 0 Å². The maximum atomic E-state index is 12.9. The van der Waals surface area contributed by atoms with Crippen molar-refractivity contribution in [2.45, 2.75) is 31.9 Å². The molecule has 1 amide bonds. The number of likely N-dealkylation sites (tertiary alicyclic amines) is 1. The molecule has 1 aromatic carbocycles. The molecule has 6 heteroatoms. The summed E-state index contributed by atoms with van der Waals surface area (Å²) in [4.78, 5) is 16.2. The second-order valence-electron chi connectivity index (χ2n) is 5.78. The second-order valence-corrected chi connectivity index (χ2v) is 5.78. The van der Waals surface area contributed by atoms with E-state index in [9.17, 15) is 18.0 Å². The number of nitrogens with one attached hydrogen (secondary N) is 1. The smallest absolute Gasteiger partial charge is 0.361 e. The number of hydrogen-bond acceptors (Lipinski definition) is 1. The van der Waals surface area contributed by atoms with Gasteiger partial charge in [0.15, 0.2) is 0 Å². The molecule has 0 spiro atoms. The zero-order valence-electron chi connectivity index (χ0n) is 12.2. The van der Waals surface area contributed by atoms with Gasteiger partial charge in [-0.15, -0.1) is 0 Å². The predicted octanol–water partition coefficient (Wildman–Crippen LogP) is 3.91. The summed E-state index contributed by atoms with van der Waals surface area (Å²) in [6.45, 7) is 2.86. The van der Waals surface area contributed by atoms with Crippen LogP contribution in [-0.2, 0) is 11.0 Å². The molecular weight excluding hydrogens is 293 g/mol. The first-order valence-corrected chi connectivity index (χ1v) is 7.30. The molecule has 2 heterocycles. The normalized spacial score (nSPS) is 17.2. The van der Waals surface area contributed by atoms with E-state index >= 15 is 0 Å². The van der Waals surface area contributed by atoms with Gasteiger partial charge in [0.2, 0.25) is 5.91 Å². The summed E-state index contributed by atoms with van der Waals surface area (Å²) < 4.78 is 38.6. The van der Waals surface area contributed by atoms with E-state index in [4.69, 9.17) is 0 Å². The first kappa shape index (κ1) is 14.9. The number of rotatable bonds is 1. The summed E-state index contributed by atoms with van der Waals surface area (Å²) in [5, 5.41) is 0.635. The first-order chi connectivity index (χ1) is 10.4. The van der Waals surface area contributed by atoms with Crippen molar-refractivity contribution in [3.63, 3.8) is 0 Å². The Kier molecular flexibility index (Phi) is 3.62. The third-order valence-corrected chi connectivity index (χ3v) is 4.42. The van der Waals surface area contributed by atoms with Crippen molar-refractivity contribution in [1.29, 1.82) is 0 Å². The number of fused-ring (bicyclic) bond motifs is 1. The number of aromatic nitrogens is 1. The van der Waals surface area contributed by atoms with Crippen LogP contribution in [0.15, 0.2) is 24.4 Å². The quantitative estimate of drug-likeness (QED) is 0.851. The Bertz CT molecular complexity index is 697. The van der Waals surface area contributed by atoms with Gasteiger partial charge in [-0.05, 0) is 42.5 Å². The molecule has 0 bridgehead atoms. The van der Waals surface area contributed by atoms with Gasteiger partial charge in [-0.25, -0.2) is 0 Å². The predicted molar refractivity (Wildman–Crippen MR) is 77.5 cm³/mol. The van der Waals surface area contributed by atoms with Gasteiger partial charge in [-0.3, -0.25) is 4.79 Å². The highest BCUT2D eigenvalue weighted by atomic mass is 19.4. The summed E-state index contributed by atoms with van der Waals surface area (Å²) >= 11 is 0. The molecule has 0 unspecified atom stereocenters. The molecule has 3 nitrogen and oxygen atoms in total.